The van der Waals surface area contributed by atoms with Crippen molar-refractivity contribution in [1.29, 1.82) is 0 Å². The van der Waals surface area contributed by atoms with Crippen LogP contribution in [0, 0.1) is 10.1 Å². The number of nitro benzene ring substituents is 1. The molecule has 1 fully saturated rings. The molecule has 1 aromatic carbocycles. The smallest absolute Gasteiger partial charge is 0.307 e. The van der Waals surface area contributed by atoms with Crippen LogP contribution >= 0.6 is 11.6 Å². The van der Waals surface area contributed by atoms with Gasteiger partial charge in [-0.05, 0) is 24.5 Å². The topological polar surface area (TPSA) is 90.7 Å². The van der Waals surface area contributed by atoms with Gasteiger partial charge < -0.3 is 14.8 Å². The van der Waals surface area contributed by atoms with E-state index < -0.39 is 10.5 Å². The van der Waals surface area contributed by atoms with Crippen molar-refractivity contribution in [1.82, 2.24) is 5.32 Å². The number of carbonyl (C=O) groups is 1. The summed E-state index contributed by atoms with van der Waals surface area (Å²) in [5, 5.41) is 14.4. The van der Waals surface area contributed by atoms with Gasteiger partial charge in [0.05, 0.1) is 30.6 Å². The van der Waals surface area contributed by atoms with Gasteiger partial charge in [0.25, 0.3) is 5.69 Å². The average Bonchev–Trinajstić information content (AvgIpc) is 2.54. The number of esters is 1. The fourth-order valence-electron chi connectivity index (χ4n) is 2.64. The van der Waals surface area contributed by atoms with Crippen LogP contribution in [-0.4, -0.2) is 36.8 Å². The second-order valence-corrected chi connectivity index (χ2v) is 5.99. The fourth-order valence-corrected chi connectivity index (χ4v) is 2.83. The van der Waals surface area contributed by atoms with Crippen LogP contribution in [0.4, 0.5) is 5.69 Å². The van der Waals surface area contributed by atoms with Crippen LogP contribution < -0.4 is 5.32 Å². The number of rotatable bonds is 6. The molecular weight excluding hydrogens is 324 g/mol. The molecule has 0 aromatic heterocycles. The first-order valence-corrected chi connectivity index (χ1v) is 7.66. The number of benzene rings is 1. The van der Waals surface area contributed by atoms with Crippen molar-refractivity contribution >= 4 is 23.3 Å². The molecule has 1 aliphatic heterocycles. The Bertz CT molecular complexity index is 587. The van der Waals surface area contributed by atoms with Crippen LogP contribution in [0.2, 0.25) is 5.02 Å². The first kappa shape index (κ1) is 17.7. The highest BCUT2D eigenvalue weighted by molar-refractivity contribution is 6.32. The number of halogens is 1. The summed E-state index contributed by atoms with van der Waals surface area (Å²) in [7, 11) is 1.35. The van der Waals surface area contributed by atoms with Crippen LogP contribution in [-0.2, 0) is 20.8 Å². The monoisotopic (exact) mass is 342 g/mol. The van der Waals surface area contributed by atoms with E-state index in [0.717, 1.165) is 18.4 Å². The number of nitrogens with zero attached hydrogens (tertiary/aromatic N) is 1. The van der Waals surface area contributed by atoms with Crippen LogP contribution in [0.3, 0.4) is 0 Å². The van der Waals surface area contributed by atoms with E-state index in [4.69, 9.17) is 21.1 Å². The lowest BCUT2D eigenvalue weighted by Crippen LogP contribution is -2.52. The van der Waals surface area contributed by atoms with Crippen molar-refractivity contribution < 1.29 is 19.2 Å². The highest BCUT2D eigenvalue weighted by Crippen LogP contribution is 2.27. The van der Waals surface area contributed by atoms with Crippen molar-refractivity contribution in [2.75, 3.05) is 20.3 Å². The van der Waals surface area contributed by atoms with E-state index in [2.05, 4.69) is 5.32 Å². The van der Waals surface area contributed by atoms with Gasteiger partial charge in [-0.2, -0.15) is 0 Å². The number of hydrogen-bond donors (Lipinski definition) is 1. The van der Waals surface area contributed by atoms with Gasteiger partial charge in [-0.15, -0.1) is 0 Å². The van der Waals surface area contributed by atoms with E-state index in [1.54, 1.807) is 6.07 Å². The average molecular weight is 343 g/mol. The number of hydrogen-bond acceptors (Lipinski definition) is 6. The third-order valence-electron chi connectivity index (χ3n) is 3.91. The Labute approximate surface area is 139 Å². The van der Waals surface area contributed by atoms with Gasteiger partial charge in [-0.25, -0.2) is 0 Å². The van der Waals surface area contributed by atoms with Crippen molar-refractivity contribution in [3.8, 4) is 0 Å². The molecule has 0 spiro atoms. The van der Waals surface area contributed by atoms with E-state index in [1.807, 2.05) is 0 Å². The SMILES string of the molecule is COC(=O)CC1(NCc2ccc(Cl)c([N+](=O)[O-])c2)CCCOC1. The minimum atomic E-state index is -0.514. The molecule has 1 saturated heterocycles. The zero-order valence-electron chi connectivity index (χ0n) is 12.8. The summed E-state index contributed by atoms with van der Waals surface area (Å²) >= 11 is 5.81. The standard InChI is InChI=1S/C15H19ClN2O5/c1-22-14(19)8-15(5-2-6-23-10-15)17-9-11-3-4-12(16)13(7-11)18(20)21/h3-4,7,17H,2,5-6,8-10H2,1H3. The summed E-state index contributed by atoms with van der Waals surface area (Å²) in [5.41, 5.74) is 0.0727. The highest BCUT2D eigenvalue weighted by Gasteiger charge is 2.35. The zero-order valence-corrected chi connectivity index (χ0v) is 13.6. The fraction of sp³-hybridized carbons (Fsp3) is 0.533. The Morgan fingerprint density at radius 1 is 1.57 bits per heavy atom. The summed E-state index contributed by atoms with van der Waals surface area (Å²) in [4.78, 5) is 22.1. The summed E-state index contributed by atoms with van der Waals surface area (Å²) in [6.07, 6.45) is 1.81. The third-order valence-corrected chi connectivity index (χ3v) is 4.23. The maximum atomic E-state index is 11.7. The van der Waals surface area contributed by atoms with Gasteiger partial charge in [0.15, 0.2) is 0 Å². The first-order chi connectivity index (χ1) is 11.0. The number of nitro groups is 1. The maximum absolute atomic E-state index is 11.7. The molecule has 0 amide bonds. The van der Waals surface area contributed by atoms with E-state index in [0.29, 0.717) is 19.8 Å². The Hall–Kier alpha value is -1.70. The number of methoxy groups -OCH3 is 1. The molecule has 0 bridgehead atoms. The molecule has 7 nitrogen and oxygen atoms in total. The predicted octanol–water partition coefficient (Wildman–Crippen LogP) is 2.45. The molecule has 0 aliphatic carbocycles. The molecule has 1 atom stereocenters. The molecule has 1 aliphatic rings. The van der Waals surface area contributed by atoms with Crippen LogP contribution in [0.25, 0.3) is 0 Å². The normalized spacial score (nSPS) is 21.0. The quantitative estimate of drug-likeness (QED) is 0.485. The lowest BCUT2D eigenvalue weighted by atomic mass is 9.88. The van der Waals surface area contributed by atoms with Gasteiger partial charge in [-0.1, -0.05) is 17.7 Å². The van der Waals surface area contributed by atoms with E-state index in [9.17, 15) is 14.9 Å². The Morgan fingerprint density at radius 2 is 2.35 bits per heavy atom. The number of ether oxygens (including phenoxy) is 2. The van der Waals surface area contributed by atoms with Crippen LogP contribution in [0.1, 0.15) is 24.8 Å². The predicted molar refractivity (Wildman–Crippen MR) is 84.4 cm³/mol. The molecule has 1 unspecified atom stereocenters. The molecular formula is C15H19ClN2O5. The first-order valence-electron chi connectivity index (χ1n) is 7.28. The summed E-state index contributed by atoms with van der Waals surface area (Å²) < 4.78 is 10.3. The van der Waals surface area contributed by atoms with Crippen molar-refractivity contribution in [2.24, 2.45) is 0 Å². The lowest BCUT2D eigenvalue weighted by Gasteiger charge is -2.37. The van der Waals surface area contributed by atoms with E-state index in [1.165, 1.54) is 19.2 Å². The Balaban J connectivity index is 2.10. The molecule has 0 saturated carbocycles. The van der Waals surface area contributed by atoms with Crippen molar-refractivity contribution in [2.45, 2.75) is 31.3 Å². The van der Waals surface area contributed by atoms with Crippen LogP contribution in [0.5, 0.6) is 0 Å². The minimum absolute atomic E-state index is 0.101. The Morgan fingerprint density at radius 3 is 2.96 bits per heavy atom. The summed E-state index contributed by atoms with van der Waals surface area (Å²) in [6.45, 7) is 1.44. The minimum Gasteiger partial charge on any atom is -0.469 e. The zero-order chi connectivity index (χ0) is 16.9. The Kier molecular flexibility index (Phi) is 5.92. The summed E-state index contributed by atoms with van der Waals surface area (Å²) in [5.74, 6) is -0.315. The number of nitrogens with one attached hydrogen (secondary N) is 1. The highest BCUT2D eigenvalue weighted by atomic mass is 35.5. The van der Waals surface area contributed by atoms with Gasteiger partial charge >= 0.3 is 5.97 Å². The second-order valence-electron chi connectivity index (χ2n) is 5.59. The van der Waals surface area contributed by atoms with Gasteiger partial charge in [0.2, 0.25) is 0 Å². The largest absolute Gasteiger partial charge is 0.469 e. The van der Waals surface area contributed by atoms with Crippen LogP contribution in [0.15, 0.2) is 18.2 Å². The van der Waals surface area contributed by atoms with Crippen molar-refractivity contribution in [3.05, 3.63) is 38.9 Å². The maximum Gasteiger partial charge on any atom is 0.307 e. The summed E-state index contributed by atoms with van der Waals surface area (Å²) in [6, 6.07) is 4.66. The van der Waals surface area contributed by atoms with Crippen molar-refractivity contribution in [3.63, 3.8) is 0 Å². The molecule has 1 N–H and O–H groups in total. The van der Waals surface area contributed by atoms with Gasteiger partial charge in [0, 0.05) is 19.2 Å². The van der Waals surface area contributed by atoms with E-state index >= 15 is 0 Å². The van der Waals surface area contributed by atoms with Gasteiger partial charge in [-0.3, -0.25) is 14.9 Å². The molecule has 1 aromatic rings. The molecule has 2 rings (SSSR count). The molecule has 0 radical (unpaired) electrons. The third kappa shape index (κ3) is 4.63. The second kappa shape index (κ2) is 7.72. The molecule has 23 heavy (non-hydrogen) atoms. The lowest BCUT2D eigenvalue weighted by molar-refractivity contribution is -0.384. The number of carbonyl (C=O) groups excluding carboxylic acids is 1. The molecule has 126 valence electrons. The molecule has 8 heteroatoms. The van der Waals surface area contributed by atoms with Gasteiger partial charge in [0.1, 0.15) is 5.02 Å². The molecule has 1 heterocycles. The van der Waals surface area contributed by atoms with E-state index in [-0.39, 0.29) is 23.1 Å².